The van der Waals surface area contributed by atoms with Crippen LogP contribution in [0.25, 0.3) is 0 Å². The van der Waals surface area contributed by atoms with E-state index in [-0.39, 0.29) is 17.7 Å². The molecule has 1 unspecified atom stereocenters. The zero-order valence-electron chi connectivity index (χ0n) is 14.8. The lowest BCUT2D eigenvalue weighted by molar-refractivity contribution is 0.155. The summed E-state index contributed by atoms with van der Waals surface area (Å²) >= 11 is 0. The van der Waals surface area contributed by atoms with Crippen LogP contribution in [0.4, 0.5) is 0 Å². The van der Waals surface area contributed by atoms with Gasteiger partial charge in [0.25, 0.3) is 7.52 Å². The first-order chi connectivity index (χ1) is 11.4. The summed E-state index contributed by atoms with van der Waals surface area (Å²) in [4.78, 5) is 0. The molecule has 3 nitrogen and oxygen atoms in total. The second-order valence-electron chi connectivity index (χ2n) is 7.26. The Bertz CT molecular complexity index is 724. The maximum atomic E-state index is 13.6. The molecular formula is C20H26NO2P. The normalized spacial score (nSPS) is 28.2. The van der Waals surface area contributed by atoms with Crippen molar-refractivity contribution in [3.8, 4) is 0 Å². The molecule has 0 bridgehead atoms. The van der Waals surface area contributed by atoms with E-state index in [2.05, 4.69) is 49.7 Å². The van der Waals surface area contributed by atoms with Crippen LogP contribution in [0.15, 0.2) is 60.7 Å². The molecule has 3 atom stereocenters. The standard InChI is InChI=1S/C20H26NO2P/c1-5-24(22)21(20(2,3)4)18(16-12-8-6-9-13-16)19(23-24)17-14-10-7-11-15-17/h6-15,18-19H,5H2,1-4H3/t18-,19+,24?/m0/s1. The van der Waals surface area contributed by atoms with Gasteiger partial charge in [-0.25, -0.2) is 4.67 Å². The summed E-state index contributed by atoms with van der Waals surface area (Å²) in [6.45, 7) is 8.29. The molecule has 128 valence electrons. The molecule has 3 rings (SSSR count). The highest BCUT2D eigenvalue weighted by atomic mass is 31.2. The number of hydrogen-bond donors (Lipinski definition) is 0. The monoisotopic (exact) mass is 343 g/mol. The Morgan fingerprint density at radius 1 is 0.958 bits per heavy atom. The Hall–Kier alpha value is -1.41. The van der Waals surface area contributed by atoms with Crippen LogP contribution in [0.2, 0.25) is 0 Å². The van der Waals surface area contributed by atoms with Crippen molar-refractivity contribution in [2.24, 2.45) is 0 Å². The average molecular weight is 343 g/mol. The van der Waals surface area contributed by atoms with Crippen LogP contribution in [0.3, 0.4) is 0 Å². The summed E-state index contributed by atoms with van der Waals surface area (Å²) in [5, 5.41) is 0. The third-order valence-corrected chi connectivity index (χ3v) is 7.37. The second kappa shape index (κ2) is 6.48. The number of rotatable bonds is 3. The zero-order chi connectivity index (χ0) is 17.4. The first-order valence-corrected chi connectivity index (χ1v) is 10.3. The van der Waals surface area contributed by atoms with Gasteiger partial charge in [-0.2, -0.15) is 0 Å². The molecule has 1 heterocycles. The van der Waals surface area contributed by atoms with Crippen molar-refractivity contribution in [3.63, 3.8) is 0 Å². The van der Waals surface area contributed by atoms with Crippen molar-refractivity contribution < 1.29 is 9.09 Å². The van der Waals surface area contributed by atoms with E-state index in [1.165, 1.54) is 0 Å². The summed E-state index contributed by atoms with van der Waals surface area (Å²) in [5.74, 6) is 0. The third-order valence-electron chi connectivity index (χ3n) is 4.51. The van der Waals surface area contributed by atoms with Gasteiger partial charge in [0.15, 0.2) is 0 Å². The molecule has 0 saturated carbocycles. The van der Waals surface area contributed by atoms with Gasteiger partial charge < -0.3 is 4.52 Å². The molecule has 2 aromatic carbocycles. The van der Waals surface area contributed by atoms with Crippen LogP contribution < -0.4 is 0 Å². The fourth-order valence-electron chi connectivity index (χ4n) is 3.56. The molecule has 2 aromatic rings. The van der Waals surface area contributed by atoms with Crippen LogP contribution in [-0.2, 0) is 9.09 Å². The van der Waals surface area contributed by atoms with Gasteiger partial charge in [-0.15, -0.1) is 0 Å². The largest absolute Gasteiger partial charge is 0.307 e. The molecule has 0 radical (unpaired) electrons. The van der Waals surface area contributed by atoms with E-state index < -0.39 is 7.52 Å². The van der Waals surface area contributed by atoms with Gasteiger partial charge in [0.05, 0.1) is 6.04 Å². The molecule has 0 aliphatic carbocycles. The molecule has 1 saturated heterocycles. The van der Waals surface area contributed by atoms with Crippen molar-refractivity contribution in [2.45, 2.75) is 45.4 Å². The van der Waals surface area contributed by atoms with E-state index in [9.17, 15) is 4.57 Å². The van der Waals surface area contributed by atoms with Crippen molar-refractivity contribution >= 4 is 7.52 Å². The summed E-state index contributed by atoms with van der Waals surface area (Å²) in [5.41, 5.74) is 1.97. The van der Waals surface area contributed by atoms with Gasteiger partial charge in [-0.3, -0.25) is 4.57 Å². The van der Waals surface area contributed by atoms with E-state index in [1.807, 2.05) is 43.3 Å². The molecule has 0 N–H and O–H groups in total. The first-order valence-electron chi connectivity index (χ1n) is 8.54. The van der Waals surface area contributed by atoms with Crippen LogP contribution in [-0.4, -0.2) is 16.4 Å². The Balaban J connectivity index is 2.17. The van der Waals surface area contributed by atoms with Crippen LogP contribution in [0.5, 0.6) is 0 Å². The number of nitrogens with zero attached hydrogens (tertiary/aromatic N) is 1. The SMILES string of the molecule is CCP1(=O)O[C@H](c2ccccc2)[C@H](c2ccccc2)N1C(C)(C)C. The molecule has 1 aliphatic rings. The van der Waals surface area contributed by atoms with Gasteiger partial charge in [0, 0.05) is 11.7 Å². The maximum absolute atomic E-state index is 13.6. The minimum Gasteiger partial charge on any atom is -0.307 e. The molecule has 24 heavy (non-hydrogen) atoms. The molecule has 0 amide bonds. The molecule has 1 aliphatic heterocycles. The molecule has 0 spiro atoms. The number of benzene rings is 2. The Morgan fingerprint density at radius 3 is 1.92 bits per heavy atom. The van der Waals surface area contributed by atoms with Gasteiger partial charge in [0.1, 0.15) is 6.10 Å². The number of hydrogen-bond acceptors (Lipinski definition) is 2. The molecule has 4 heteroatoms. The second-order valence-corrected chi connectivity index (χ2v) is 9.81. The summed E-state index contributed by atoms with van der Waals surface area (Å²) in [7, 11) is -2.89. The van der Waals surface area contributed by atoms with E-state index in [4.69, 9.17) is 4.52 Å². The van der Waals surface area contributed by atoms with Crippen molar-refractivity contribution in [1.82, 2.24) is 4.67 Å². The fourth-order valence-corrected chi connectivity index (χ4v) is 6.25. The van der Waals surface area contributed by atoms with Gasteiger partial charge in [-0.05, 0) is 31.9 Å². The quantitative estimate of drug-likeness (QED) is 0.658. The molecule has 0 aromatic heterocycles. The van der Waals surface area contributed by atoms with Crippen LogP contribution in [0.1, 0.15) is 51.0 Å². The minimum absolute atomic E-state index is 0.0561. The van der Waals surface area contributed by atoms with E-state index in [0.29, 0.717) is 6.16 Å². The zero-order valence-corrected chi connectivity index (χ0v) is 15.7. The molecule has 1 fully saturated rings. The summed E-state index contributed by atoms with van der Waals surface area (Å²) < 4.78 is 22.0. The van der Waals surface area contributed by atoms with Gasteiger partial charge in [-0.1, -0.05) is 67.6 Å². The lowest BCUT2D eigenvalue weighted by Crippen LogP contribution is -2.39. The van der Waals surface area contributed by atoms with Crippen LogP contribution >= 0.6 is 7.52 Å². The van der Waals surface area contributed by atoms with E-state index in [1.54, 1.807) is 0 Å². The predicted molar refractivity (Wildman–Crippen MR) is 99.2 cm³/mol. The van der Waals surface area contributed by atoms with Crippen molar-refractivity contribution in [3.05, 3.63) is 71.8 Å². The Labute approximate surface area is 145 Å². The highest BCUT2D eigenvalue weighted by Crippen LogP contribution is 2.69. The molecular weight excluding hydrogens is 317 g/mol. The van der Waals surface area contributed by atoms with Gasteiger partial charge >= 0.3 is 0 Å². The summed E-state index contributed by atoms with van der Waals surface area (Å²) in [6, 6.07) is 20.4. The predicted octanol–water partition coefficient (Wildman–Crippen LogP) is 5.81. The lowest BCUT2D eigenvalue weighted by Gasteiger charge is -2.39. The van der Waals surface area contributed by atoms with Crippen LogP contribution in [0, 0.1) is 0 Å². The fraction of sp³-hybridized carbons (Fsp3) is 0.400. The minimum atomic E-state index is -2.89. The smallest absolute Gasteiger partial charge is 0.273 e. The van der Waals surface area contributed by atoms with Gasteiger partial charge in [0.2, 0.25) is 0 Å². The first kappa shape index (κ1) is 17.4. The van der Waals surface area contributed by atoms with Crippen molar-refractivity contribution in [1.29, 1.82) is 0 Å². The van der Waals surface area contributed by atoms with E-state index in [0.717, 1.165) is 11.1 Å². The topological polar surface area (TPSA) is 29.5 Å². The summed E-state index contributed by atoms with van der Waals surface area (Å²) in [6.07, 6.45) is 0.287. The lowest BCUT2D eigenvalue weighted by atomic mass is 9.93. The third kappa shape index (κ3) is 3.09. The van der Waals surface area contributed by atoms with E-state index >= 15 is 0 Å². The average Bonchev–Trinajstić information content (AvgIpc) is 2.91. The Kier molecular flexibility index (Phi) is 4.70. The Morgan fingerprint density at radius 2 is 1.46 bits per heavy atom. The highest BCUT2D eigenvalue weighted by molar-refractivity contribution is 7.56. The highest BCUT2D eigenvalue weighted by Gasteiger charge is 2.54. The van der Waals surface area contributed by atoms with Crippen molar-refractivity contribution in [2.75, 3.05) is 6.16 Å². The maximum Gasteiger partial charge on any atom is 0.273 e.